The summed E-state index contributed by atoms with van der Waals surface area (Å²) in [6.07, 6.45) is 9.39. The molecule has 26 heavy (non-hydrogen) atoms. The van der Waals surface area contributed by atoms with Crippen LogP contribution in [0, 0.1) is 0 Å². The third kappa shape index (κ3) is 4.11. The minimum absolute atomic E-state index is 0.550. The zero-order valence-electron chi connectivity index (χ0n) is 14.6. The van der Waals surface area contributed by atoms with Crippen molar-refractivity contribution < 1.29 is 0 Å². The fourth-order valence-electron chi connectivity index (χ4n) is 3.73. The number of nitrogens with zero attached hydrogens (tertiary/aromatic N) is 1. The molecule has 1 N–H and O–H groups in total. The molecule has 2 nitrogen and oxygen atoms in total. The van der Waals surface area contributed by atoms with Gasteiger partial charge in [-0.2, -0.15) is 0 Å². The highest BCUT2D eigenvalue weighted by Crippen LogP contribution is 2.46. The van der Waals surface area contributed by atoms with E-state index in [1.165, 1.54) is 59.4 Å². The first-order valence-corrected chi connectivity index (χ1v) is 12.1. The molecule has 0 saturated heterocycles. The van der Waals surface area contributed by atoms with Gasteiger partial charge in [0.1, 0.15) is 5.15 Å². The van der Waals surface area contributed by atoms with E-state index in [-0.39, 0.29) is 0 Å². The molecule has 6 heteroatoms. The number of anilines is 1. The van der Waals surface area contributed by atoms with Crippen LogP contribution in [0.1, 0.15) is 60.6 Å². The molecule has 1 aliphatic carbocycles. The Hall–Kier alpha value is -0.620. The van der Waals surface area contributed by atoms with Crippen LogP contribution in [-0.2, 0) is 6.54 Å². The van der Waals surface area contributed by atoms with Gasteiger partial charge in [0, 0.05) is 22.4 Å². The Labute approximate surface area is 176 Å². The Morgan fingerprint density at radius 3 is 2.69 bits per heavy atom. The van der Waals surface area contributed by atoms with Crippen LogP contribution in [-0.4, -0.2) is 4.98 Å². The van der Waals surface area contributed by atoms with Gasteiger partial charge in [-0.25, -0.2) is 4.98 Å². The highest BCUT2D eigenvalue weighted by Gasteiger charge is 2.22. The second-order valence-electron chi connectivity index (χ2n) is 6.93. The Bertz CT molecular complexity index is 868. The maximum absolute atomic E-state index is 6.33. The summed E-state index contributed by atoms with van der Waals surface area (Å²) < 4.78 is 2.37. The van der Waals surface area contributed by atoms with Crippen LogP contribution in [0.2, 0.25) is 5.15 Å². The van der Waals surface area contributed by atoms with Crippen molar-refractivity contribution in [3.05, 3.63) is 43.0 Å². The quantitative estimate of drug-likeness (QED) is 0.389. The first-order valence-electron chi connectivity index (χ1n) is 9.27. The monoisotopic (exact) mass is 468 g/mol. The van der Waals surface area contributed by atoms with Crippen molar-refractivity contribution in [2.45, 2.75) is 57.4 Å². The van der Waals surface area contributed by atoms with Crippen molar-refractivity contribution in [3.63, 3.8) is 0 Å². The van der Waals surface area contributed by atoms with E-state index in [1.807, 2.05) is 17.4 Å². The number of fused-ring (bicyclic) bond motifs is 1. The molecule has 3 aromatic rings. The predicted octanol–water partition coefficient (Wildman–Crippen LogP) is 8.21. The maximum atomic E-state index is 6.33. The third-order valence-electron chi connectivity index (χ3n) is 5.09. The number of pyridine rings is 1. The number of nitrogens with one attached hydrogen (secondary N) is 1. The molecule has 1 fully saturated rings. The van der Waals surface area contributed by atoms with E-state index in [9.17, 15) is 0 Å². The number of hydrogen-bond donors (Lipinski definition) is 1. The molecule has 0 bridgehead atoms. The van der Waals surface area contributed by atoms with Crippen LogP contribution in [0.25, 0.3) is 10.2 Å². The van der Waals surface area contributed by atoms with E-state index in [0.29, 0.717) is 11.1 Å². The Balaban J connectivity index is 1.67. The average molecular weight is 470 g/mol. The van der Waals surface area contributed by atoms with Crippen LogP contribution < -0.4 is 5.32 Å². The fraction of sp³-hybridized carbons (Fsp3) is 0.450. The van der Waals surface area contributed by atoms with Crippen LogP contribution in [0.3, 0.4) is 0 Å². The van der Waals surface area contributed by atoms with Crippen LogP contribution >= 0.6 is 50.2 Å². The van der Waals surface area contributed by atoms with Crippen molar-refractivity contribution in [1.82, 2.24) is 4.98 Å². The largest absolute Gasteiger partial charge is 0.379 e. The fourth-order valence-corrected chi connectivity index (χ4v) is 6.85. The number of hydrogen-bond acceptors (Lipinski definition) is 4. The van der Waals surface area contributed by atoms with Gasteiger partial charge in [-0.15, -0.1) is 22.7 Å². The van der Waals surface area contributed by atoms with E-state index in [0.717, 1.165) is 22.2 Å². The topological polar surface area (TPSA) is 24.9 Å². The number of rotatable bonds is 4. The molecule has 1 aliphatic rings. The average Bonchev–Trinajstić information content (AvgIpc) is 3.22. The summed E-state index contributed by atoms with van der Waals surface area (Å²) in [5, 5.41) is 6.23. The predicted molar refractivity (Wildman–Crippen MR) is 119 cm³/mol. The number of aromatic nitrogens is 1. The standard InChI is InChI=1S/C20H22BrClN2S2/c21-17-18-20(26-19(17)13-7-4-2-1-3-5-8-13)15(11-16(22)24-18)23-12-14-9-6-10-25-14/h6,9-11,13H,1-5,7-8,12H2,(H,23,24). The molecule has 0 radical (unpaired) electrons. The lowest BCUT2D eigenvalue weighted by molar-refractivity contribution is 0.459. The van der Waals surface area contributed by atoms with Crippen molar-refractivity contribution in [2.24, 2.45) is 0 Å². The van der Waals surface area contributed by atoms with Gasteiger partial charge in [0.15, 0.2) is 0 Å². The second kappa shape index (κ2) is 8.59. The lowest BCUT2D eigenvalue weighted by atomic mass is 9.90. The maximum Gasteiger partial charge on any atom is 0.131 e. The van der Waals surface area contributed by atoms with Crippen molar-refractivity contribution in [2.75, 3.05) is 5.32 Å². The molecule has 0 aromatic carbocycles. The van der Waals surface area contributed by atoms with Crippen molar-refractivity contribution >= 4 is 66.1 Å². The molecule has 138 valence electrons. The van der Waals surface area contributed by atoms with Gasteiger partial charge in [-0.3, -0.25) is 0 Å². The van der Waals surface area contributed by atoms with Crippen molar-refractivity contribution in [1.29, 1.82) is 0 Å². The van der Waals surface area contributed by atoms with Gasteiger partial charge in [0.2, 0.25) is 0 Å². The zero-order chi connectivity index (χ0) is 17.9. The van der Waals surface area contributed by atoms with Crippen LogP contribution in [0.4, 0.5) is 5.69 Å². The smallest absolute Gasteiger partial charge is 0.131 e. The number of halogens is 2. The molecule has 3 heterocycles. The summed E-state index contributed by atoms with van der Waals surface area (Å²) in [5.74, 6) is 0.646. The summed E-state index contributed by atoms with van der Waals surface area (Å²) >= 11 is 13.9. The van der Waals surface area contributed by atoms with E-state index in [2.05, 4.69) is 43.7 Å². The van der Waals surface area contributed by atoms with Gasteiger partial charge in [0.25, 0.3) is 0 Å². The lowest BCUT2D eigenvalue weighted by Gasteiger charge is -2.18. The van der Waals surface area contributed by atoms with Gasteiger partial charge in [-0.05, 0) is 46.1 Å². The lowest BCUT2D eigenvalue weighted by Crippen LogP contribution is -2.01. The van der Waals surface area contributed by atoms with Crippen molar-refractivity contribution in [3.8, 4) is 0 Å². The first-order chi connectivity index (χ1) is 12.7. The molecule has 0 amide bonds. The summed E-state index contributed by atoms with van der Waals surface area (Å²) in [6.45, 7) is 0.821. The first kappa shape index (κ1) is 18.7. The molecule has 3 aromatic heterocycles. The summed E-state index contributed by atoms with van der Waals surface area (Å²) in [5.41, 5.74) is 2.10. The minimum atomic E-state index is 0.550. The van der Waals surface area contributed by atoms with E-state index in [1.54, 1.807) is 11.3 Å². The molecule has 4 rings (SSSR count). The van der Waals surface area contributed by atoms with Gasteiger partial charge < -0.3 is 5.32 Å². The molecular formula is C20H22BrClN2S2. The highest BCUT2D eigenvalue weighted by atomic mass is 79.9. The zero-order valence-corrected chi connectivity index (χ0v) is 18.5. The Morgan fingerprint density at radius 2 is 1.96 bits per heavy atom. The molecule has 1 saturated carbocycles. The normalized spacial score (nSPS) is 16.5. The molecule has 0 atom stereocenters. The van der Waals surface area contributed by atoms with Gasteiger partial charge in [0.05, 0.1) is 20.4 Å². The molecule has 0 aliphatic heterocycles. The highest BCUT2D eigenvalue weighted by molar-refractivity contribution is 9.10. The number of thiophene rings is 2. The summed E-state index contributed by atoms with van der Waals surface area (Å²) in [7, 11) is 0. The third-order valence-corrected chi connectivity index (χ3v) is 8.60. The molecular weight excluding hydrogens is 448 g/mol. The summed E-state index contributed by atoms with van der Waals surface area (Å²) in [6, 6.07) is 6.20. The molecule has 0 spiro atoms. The second-order valence-corrected chi connectivity index (χ2v) is 10.2. The van der Waals surface area contributed by atoms with Crippen LogP contribution in [0.5, 0.6) is 0 Å². The minimum Gasteiger partial charge on any atom is -0.379 e. The van der Waals surface area contributed by atoms with E-state index >= 15 is 0 Å². The van der Waals surface area contributed by atoms with E-state index in [4.69, 9.17) is 11.6 Å². The summed E-state index contributed by atoms with van der Waals surface area (Å²) in [4.78, 5) is 7.41. The van der Waals surface area contributed by atoms with Gasteiger partial charge >= 0.3 is 0 Å². The van der Waals surface area contributed by atoms with Gasteiger partial charge in [-0.1, -0.05) is 49.8 Å². The van der Waals surface area contributed by atoms with E-state index < -0.39 is 0 Å². The Kier molecular flexibility index (Phi) is 6.19. The molecule has 0 unspecified atom stereocenters. The SMILES string of the molecule is Clc1cc(NCc2cccs2)c2sc(C3CCCCCCC3)c(Br)c2n1. The van der Waals surface area contributed by atoms with Crippen LogP contribution in [0.15, 0.2) is 28.1 Å². The Morgan fingerprint density at radius 1 is 1.19 bits per heavy atom.